The van der Waals surface area contributed by atoms with Crippen molar-refractivity contribution in [2.24, 2.45) is 0 Å². The van der Waals surface area contributed by atoms with E-state index in [0.717, 1.165) is 0 Å². The Morgan fingerprint density at radius 2 is 1.88 bits per heavy atom. The predicted molar refractivity (Wildman–Crippen MR) is 34.3 cm³/mol. The fraction of sp³-hybridized carbons (Fsp3) is 0. The summed E-state index contributed by atoms with van der Waals surface area (Å²) in [5, 5.41) is 10.6. The first-order valence-electron chi connectivity index (χ1n) is 2.22. The lowest BCUT2D eigenvalue weighted by molar-refractivity contribution is 0.352. The highest BCUT2D eigenvalue weighted by molar-refractivity contribution is 9.10. The molecule has 2 heteroatoms. The highest BCUT2D eigenvalue weighted by atomic mass is 79.9. The van der Waals surface area contributed by atoms with Crippen LogP contribution >= 0.6 is 15.9 Å². The molecular weight excluding hydrogens is 168 g/mol. The molecule has 8 heavy (non-hydrogen) atoms. The molecule has 0 aromatic heterocycles. The molecule has 1 aromatic rings. The molecule has 0 N–H and O–H groups in total. The summed E-state index contributed by atoms with van der Waals surface area (Å²) in [6, 6.07) is 6.77. The van der Waals surface area contributed by atoms with Crippen molar-refractivity contribution in [3.8, 4) is 5.75 Å². The van der Waals surface area contributed by atoms with E-state index in [2.05, 4.69) is 15.9 Å². The minimum atomic E-state index is 0.0347. The van der Waals surface area contributed by atoms with Crippen LogP contribution in [0, 0.1) is 0 Å². The molecule has 1 nitrogen and oxygen atoms in total. The molecule has 0 aliphatic heterocycles. The van der Waals surface area contributed by atoms with Crippen LogP contribution < -0.4 is 0 Å². The Labute approximate surface area is 56.1 Å². The van der Waals surface area contributed by atoms with Crippen molar-refractivity contribution in [1.29, 1.82) is 0 Å². The quantitative estimate of drug-likeness (QED) is 0.573. The first kappa shape index (κ1) is 5.63. The Bertz CT molecular complexity index is 165. The smallest absolute Gasteiger partial charge is 0.192 e. The van der Waals surface area contributed by atoms with Crippen LogP contribution in [0.1, 0.15) is 0 Å². The van der Waals surface area contributed by atoms with Crippen LogP contribution in [-0.2, 0) is 5.11 Å². The van der Waals surface area contributed by atoms with Crippen LogP contribution in [0.3, 0.4) is 0 Å². The average Bonchev–Trinajstić information content (AvgIpc) is 1.77. The van der Waals surface area contributed by atoms with E-state index in [0.29, 0.717) is 4.47 Å². The van der Waals surface area contributed by atoms with Crippen molar-refractivity contribution in [3.05, 3.63) is 28.7 Å². The molecule has 1 radical (unpaired) electrons. The highest BCUT2D eigenvalue weighted by Crippen LogP contribution is 2.21. The Morgan fingerprint density at radius 3 is 2.25 bits per heavy atom. The molecule has 0 saturated carbocycles. The minimum absolute atomic E-state index is 0.0347. The Hall–Kier alpha value is -0.500. The fourth-order valence-corrected chi connectivity index (χ4v) is 0.730. The zero-order valence-electron chi connectivity index (χ0n) is 4.10. The lowest BCUT2D eigenvalue weighted by Crippen LogP contribution is -1.61. The first-order chi connectivity index (χ1) is 3.80. The van der Waals surface area contributed by atoms with Gasteiger partial charge >= 0.3 is 0 Å². The van der Waals surface area contributed by atoms with Gasteiger partial charge in [-0.2, -0.15) is 0 Å². The van der Waals surface area contributed by atoms with E-state index in [4.69, 9.17) is 0 Å². The zero-order valence-corrected chi connectivity index (χ0v) is 5.68. The minimum Gasteiger partial charge on any atom is -0.289 e. The van der Waals surface area contributed by atoms with Gasteiger partial charge in [-0.25, -0.2) is 0 Å². The molecule has 0 aliphatic rings. The Morgan fingerprint density at radius 1 is 1.25 bits per heavy atom. The second kappa shape index (κ2) is 2.18. The lowest BCUT2D eigenvalue weighted by atomic mass is 10.3. The van der Waals surface area contributed by atoms with Crippen LogP contribution in [0.2, 0.25) is 0 Å². The van der Waals surface area contributed by atoms with E-state index in [1.165, 1.54) is 6.07 Å². The molecule has 41 valence electrons. The van der Waals surface area contributed by atoms with E-state index in [-0.39, 0.29) is 5.75 Å². The van der Waals surface area contributed by atoms with Gasteiger partial charge in [0.1, 0.15) is 0 Å². The van der Waals surface area contributed by atoms with Crippen LogP contribution in [0.5, 0.6) is 5.75 Å². The van der Waals surface area contributed by atoms with E-state index in [1.807, 2.05) is 6.07 Å². The summed E-state index contributed by atoms with van der Waals surface area (Å²) < 4.78 is 0.625. The molecule has 0 amide bonds. The summed E-state index contributed by atoms with van der Waals surface area (Å²) >= 11 is 3.08. The normalized spacial score (nSPS) is 9.12. The molecule has 0 atom stereocenters. The molecule has 0 saturated heterocycles. The van der Waals surface area contributed by atoms with Crippen LogP contribution in [0.25, 0.3) is 0 Å². The van der Waals surface area contributed by atoms with Crippen molar-refractivity contribution in [3.63, 3.8) is 0 Å². The topological polar surface area (TPSA) is 19.9 Å². The molecule has 0 unspecified atom stereocenters. The van der Waals surface area contributed by atoms with Crippen LogP contribution in [0.4, 0.5) is 0 Å². The summed E-state index contributed by atoms with van der Waals surface area (Å²) in [6.45, 7) is 0. The Balaban J connectivity index is 3.13. The van der Waals surface area contributed by atoms with Crippen molar-refractivity contribution in [1.82, 2.24) is 0 Å². The predicted octanol–water partition coefficient (Wildman–Crippen LogP) is 2.59. The second-order valence-electron chi connectivity index (χ2n) is 1.43. The van der Waals surface area contributed by atoms with Gasteiger partial charge in [-0.05, 0) is 28.1 Å². The van der Waals surface area contributed by atoms with Crippen LogP contribution in [-0.4, -0.2) is 0 Å². The highest BCUT2D eigenvalue weighted by Gasteiger charge is 1.92. The average molecular weight is 172 g/mol. The van der Waals surface area contributed by atoms with E-state index >= 15 is 0 Å². The van der Waals surface area contributed by atoms with E-state index in [9.17, 15) is 5.11 Å². The number of para-hydroxylation sites is 1. The third-order valence-electron chi connectivity index (χ3n) is 0.837. The molecule has 0 spiro atoms. The summed E-state index contributed by atoms with van der Waals surface area (Å²) in [5.74, 6) is 0.0347. The first-order valence-corrected chi connectivity index (χ1v) is 3.01. The summed E-state index contributed by atoms with van der Waals surface area (Å²) in [4.78, 5) is 0. The van der Waals surface area contributed by atoms with E-state index < -0.39 is 0 Å². The number of benzene rings is 1. The molecule has 0 fully saturated rings. The maximum atomic E-state index is 10.6. The van der Waals surface area contributed by atoms with Crippen molar-refractivity contribution < 1.29 is 5.11 Å². The molecule has 0 heterocycles. The molecule has 1 aromatic carbocycles. The number of hydrogen-bond donors (Lipinski definition) is 0. The number of hydrogen-bond acceptors (Lipinski definition) is 0. The van der Waals surface area contributed by atoms with Gasteiger partial charge in [0, 0.05) is 0 Å². The summed E-state index contributed by atoms with van der Waals surface area (Å²) in [5.41, 5.74) is 0. The lowest BCUT2D eigenvalue weighted by Gasteiger charge is -1.86. The second-order valence-corrected chi connectivity index (χ2v) is 2.28. The third-order valence-corrected chi connectivity index (χ3v) is 1.49. The van der Waals surface area contributed by atoms with Crippen molar-refractivity contribution >= 4 is 15.9 Å². The van der Waals surface area contributed by atoms with Gasteiger partial charge in [0.25, 0.3) is 0 Å². The molecule has 0 bridgehead atoms. The zero-order chi connectivity index (χ0) is 5.98. The van der Waals surface area contributed by atoms with Gasteiger partial charge in [0.2, 0.25) is 0 Å². The van der Waals surface area contributed by atoms with Gasteiger partial charge in [-0.3, -0.25) is 5.11 Å². The van der Waals surface area contributed by atoms with E-state index in [1.54, 1.807) is 12.1 Å². The molecule has 0 aliphatic carbocycles. The monoisotopic (exact) mass is 171 g/mol. The maximum Gasteiger partial charge on any atom is 0.192 e. The SMILES string of the molecule is [O]c1ccccc1Br. The van der Waals surface area contributed by atoms with Crippen molar-refractivity contribution in [2.45, 2.75) is 0 Å². The summed E-state index contributed by atoms with van der Waals surface area (Å²) in [7, 11) is 0. The van der Waals surface area contributed by atoms with Crippen molar-refractivity contribution in [2.75, 3.05) is 0 Å². The molecule has 1 rings (SSSR count). The number of halogens is 1. The van der Waals surface area contributed by atoms with Gasteiger partial charge in [0.05, 0.1) is 4.47 Å². The summed E-state index contributed by atoms with van der Waals surface area (Å²) in [6.07, 6.45) is 0. The van der Waals surface area contributed by atoms with Gasteiger partial charge in [0.15, 0.2) is 5.75 Å². The largest absolute Gasteiger partial charge is 0.289 e. The van der Waals surface area contributed by atoms with Gasteiger partial charge < -0.3 is 0 Å². The number of rotatable bonds is 0. The fourth-order valence-electron chi connectivity index (χ4n) is 0.445. The van der Waals surface area contributed by atoms with Crippen LogP contribution in [0.15, 0.2) is 28.7 Å². The van der Waals surface area contributed by atoms with Gasteiger partial charge in [-0.1, -0.05) is 12.1 Å². The third kappa shape index (κ3) is 1.01. The molecular formula is C6H4BrO. The van der Waals surface area contributed by atoms with Gasteiger partial charge in [-0.15, -0.1) is 0 Å². The Kier molecular flexibility index (Phi) is 1.53. The maximum absolute atomic E-state index is 10.6. The standard InChI is InChI=1S/C6H4BrO/c7-5-3-1-2-4-6(5)8/h1-4H.